The van der Waals surface area contributed by atoms with Crippen molar-refractivity contribution in [3.05, 3.63) is 48.0 Å². The molecular formula is C18H15F3N2O3. The Bertz CT molecular complexity index is 958. The number of alkyl halides is 3. The van der Waals surface area contributed by atoms with Crippen LogP contribution in [0.25, 0.3) is 10.9 Å². The van der Waals surface area contributed by atoms with Gasteiger partial charge in [0.2, 0.25) is 5.88 Å². The van der Waals surface area contributed by atoms with Gasteiger partial charge in [0.1, 0.15) is 5.75 Å². The number of hydrogen-bond donors (Lipinski definition) is 1. The second-order valence-corrected chi connectivity index (χ2v) is 5.40. The monoisotopic (exact) mass is 364 g/mol. The highest BCUT2D eigenvalue weighted by atomic mass is 19.4. The number of anilines is 1. The summed E-state index contributed by atoms with van der Waals surface area (Å²) >= 11 is 0. The fourth-order valence-electron chi connectivity index (χ4n) is 2.45. The van der Waals surface area contributed by atoms with Gasteiger partial charge in [-0.3, -0.25) is 0 Å². The highest BCUT2D eigenvalue weighted by molar-refractivity contribution is 5.83. The second kappa shape index (κ2) is 6.62. The molecule has 0 saturated heterocycles. The van der Waals surface area contributed by atoms with Crippen LogP contribution in [0.1, 0.15) is 5.56 Å². The Morgan fingerprint density at radius 2 is 1.62 bits per heavy atom. The van der Waals surface area contributed by atoms with E-state index in [9.17, 15) is 13.2 Å². The van der Waals surface area contributed by atoms with Gasteiger partial charge in [-0.1, -0.05) is 0 Å². The van der Waals surface area contributed by atoms with Gasteiger partial charge in [-0.25, -0.2) is 4.98 Å². The van der Waals surface area contributed by atoms with Crippen molar-refractivity contribution in [1.29, 1.82) is 0 Å². The number of methoxy groups -OCH3 is 2. The molecule has 0 spiro atoms. The third-order valence-corrected chi connectivity index (χ3v) is 3.72. The van der Waals surface area contributed by atoms with Gasteiger partial charge in [0.25, 0.3) is 0 Å². The molecule has 0 fully saturated rings. The molecule has 136 valence electrons. The van der Waals surface area contributed by atoms with Crippen LogP contribution in [-0.2, 0) is 6.18 Å². The number of halogens is 3. The quantitative estimate of drug-likeness (QED) is 0.683. The van der Waals surface area contributed by atoms with Crippen molar-refractivity contribution in [3.8, 4) is 23.1 Å². The second-order valence-electron chi connectivity index (χ2n) is 5.40. The lowest BCUT2D eigenvalue weighted by atomic mass is 10.1. The molecule has 0 unspecified atom stereocenters. The summed E-state index contributed by atoms with van der Waals surface area (Å²) in [6.45, 7) is 0. The zero-order valence-electron chi connectivity index (χ0n) is 13.9. The zero-order chi connectivity index (χ0) is 18.9. The van der Waals surface area contributed by atoms with Gasteiger partial charge in [0.05, 0.1) is 25.3 Å². The number of pyridine rings is 1. The first-order chi connectivity index (χ1) is 12.3. The summed E-state index contributed by atoms with van der Waals surface area (Å²) in [4.78, 5) is 4.30. The zero-order valence-corrected chi connectivity index (χ0v) is 13.9. The van der Waals surface area contributed by atoms with Crippen molar-refractivity contribution in [3.63, 3.8) is 0 Å². The van der Waals surface area contributed by atoms with Crippen LogP contribution in [0, 0.1) is 0 Å². The third kappa shape index (κ3) is 3.44. The van der Waals surface area contributed by atoms with E-state index in [4.69, 9.17) is 19.9 Å². The fraction of sp³-hybridized carbons (Fsp3) is 0.167. The molecule has 26 heavy (non-hydrogen) atoms. The molecule has 0 radical (unpaired) electrons. The lowest BCUT2D eigenvalue weighted by Crippen LogP contribution is -2.08. The molecule has 0 aliphatic carbocycles. The number of hydrogen-bond acceptors (Lipinski definition) is 5. The maximum absolute atomic E-state index is 13.0. The molecule has 2 aromatic carbocycles. The van der Waals surface area contributed by atoms with E-state index in [2.05, 4.69) is 4.98 Å². The van der Waals surface area contributed by atoms with E-state index >= 15 is 0 Å². The molecule has 0 aliphatic rings. The van der Waals surface area contributed by atoms with Crippen LogP contribution in [0.2, 0.25) is 0 Å². The average molecular weight is 364 g/mol. The van der Waals surface area contributed by atoms with Crippen LogP contribution >= 0.6 is 0 Å². The lowest BCUT2D eigenvalue weighted by molar-refractivity contribution is -0.137. The van der Waals surface area contributed by atoms with Crippen molar-refractivity contribution in [2.24, 2.45) is 0 Å². The maximum atomic E-state index is 13.0. The van der Waals surface area contributed by atoms with Crippen molar-refractivity contribution in [2.45, 2.75) is 6.18 Å². The van der Waals surface area contributed by atoms with E-state index in [-0.39, 0.29) is 17.3 Å². The number of benzene rings is 2. The average Bonchev–Trinajstić information content (AvgIpc) is 2.61. The molecular weight excluding hydrogens is 349 g/mol. The third-order valence-electron chi connectivity index (χ3n) is 3.72. The molecule has 8 heteroatoms. The number of ether oxygens (including phenoxy) is 3. The van der Waals surface area contributed by atoms with Crippen molar-refractivity contribution >= 4 is 16.6 Å². The molecule has 5 nitrogen and oxygen atoms in total. The summed E-state index contributed by atoms with van der Waals surface area (Å²) < 4.78 is 54.8. The molecule has 0 amide bonds. The summed E-state index contributed by atoms with van der Waals surface area (Å²) in [6.07, 6.45) is -4.57. The number of aromatic nitrogens is 1. The molecule has 1 aromatic heterocycles. The minimum absolute atomic E-state index is 0.0150. The molecule has 3 rings (SSSR count). The molecule has 2 N–H and O–H groups in total. The van der Waals surface area contributed by atoms with E-state index in [0.29, 0.717) is 17.0 Å². The van der Waals surface area contributed by atoms with Crippen LogP contribution in [0.15, 0.2) is 42.5 Å². The molecule has 0 aliphatic heterocycles. The maximum Gasteiger partial charge on any atom is 0.418 e. The highest BCUT2D eigenvalue weighted by Crippen LogP contribution is 2.37. The lowest BCUT2D eigenvalue weighted by Gasteiger charge is -2.13. The van der Waals surface area contributed by atoms with Crippen molar-refractivity contribution in [2.75, 3.05) is 20.0 Å². The summed E-state index contributed by atoms with van der Waals surface area (Å²) in [5.41, 5.74) is 4.61. The standard InChI is InChI=1S/C18H15F3N2O3/c1-24-15-7-10-3-6-17(23-14(10)9-16(15)25-2)26-11-4-5-13(22)12(8-11)18(19,20)21/h3-9H,22H2,1-2H3. The van der Waals surface area contributed by atoms with Gasteiger partial charge >= 0.3 is 6.18 Å². The largest absolute Gasteiger partial charge is 0.493 e. The van der Waals surface area contributed by atoms with Gasteiger partial charge in [-0.2, -0.15) is 13.2 Å². The summed E-state index contributed by atoms with van der Waals surface area (Å²) in [5, 5.41) is 0.767. The van der Waals surface area contributed by atoms with E-state index in [1.807, 2.05) is 0 Å². The fourth-order valence-corrected chi connectivity index (χ4v) is 2.45. The number of nitrogens with zero attached hydrogens (tertiary/aromatic N) is 1. The predicted molar refractivity (Wildman–Crippen MR) is 90.8 cm³/mol. The predicted octanol–water partition coefficient (Wildman–Crippen LogP) is 4.65. The van der Waals surface area contributed by atoms with E-state index in [1.165, 1.54) is 20.3 Å². The molecule has 0 bridgehead atoms. The van der Waals surface area contributed by atoms with Crippen molar-refractivity contribution in [1.82, 2.24) is 4.98 Å². The molecule has 1 heterocycles. The number of nitrogens with two attached hydrogens (primary N) is 1. The normalized spacial score (nSPS) is 11.4. The Balaban J connectivity index is 1.97. The minimum atomic E-state index is -4.57. The Morgan fingerprint density at radius 1 is 0.923 bits per heavy atom. The first-order valence-corrected chi connectivity index (χ1v) is 7.49. The van der Waals surface area contributed by atoms with Crippen molar-refractivity contribution < 1.29 is 27.4 Å². The number of nitrogen functional groups attached to an aromatic ring is 1. The van der Waals surface area contributed by atoms with Crippen LogP contribution in [0.3, 0.4) is 0 Å². The van der Waals surface area contributed by atoms with Gasteiger partial charge < -0.3 is 19.9 Å². The van der Waals surface area contributed by atoms with E-state index in [0.717, 1.165) is 17.5 Å². The summed E-state index contributed by atoms with van der Waals surface area (Å²) in [6, 6.07) is 10.0. The van der Waals surface area contributed by atoms with Crippen LogP contribution in [0.5, 0.6) is 23.1 Å². The summed E-state index contributed by atoms with van der Waals surface area (Å²) in [7, 11) is 3.02. The van der Waals surface area contributed by atoms with Gasteiger partial charge in [0.15, 0.2) is 11.5 Å². The van der Waals surface area contributed by atoms with Crippen LogP contribution in [-0.4, -0.2) is 19.2 Å². The Hall–Kier alpha value is -3.16. The first-order valence-electron chi connectivity index (χ1n) is 7.49. The molecule has 0 saturated carbocycles. The number of rotatable bonds is 4. The van der Waals surface area contributed by atoms with E-state index < -0.39 is 11.7 Å². The Labute approximate surface area is 147 Å². The Kier molecular flexibility index (Phi) is 4.50. The van der Waals surface area contributed by atoms with Gasteiger partial charge in [-0.05, 0) is 30.3 Å². The summed E-state index contributed by atoms with van der Waals surface area (Å²) in [5.74, 6) is 1.15. The molecule has 0 atom stereocenters. The minimum Gasteiger partial charge on any atom is -0.493 e. The van der Waals surface area contributed by atoms with Gasteiger partial charge in [0, 0.05) is 23.2 Å². The van der Waals surface area contributed by atoms with Crippen LogP contribution < -0.4 is 19.9 Å². The topological polar surface area (TPSA) is 66.6 Å². The molecule has 3 aromatic rings. The number of fused-ring (bicyclic) bond motifs is 1. The highest BCUT2D eigenvalue weighted by Gasteiger charge is 2.33. The SMILES string of the molecule is COc1cc2ccc(Oc3ccc(N)c(C(F)(F)F)c3)nc2cc1OC. The Morgan fingerprint density at radius 3 is 2.27 bits per heavy atom. The van der Waals surface area contributed by atoms with Gasteiger partial charge in [-0.15, -0.1) is 0 Å². The van der Waals surface area contributed by atoms with E-state index in [1.54, 1.807) is 24.3 Å². The smallest absolute Gasteiger partial charge is 0.418 e. The first kappa shape index (κ1) is 17.7. The van der Waals surface area contributed by atoms with Crippen LogP contribution in [0.4, 0.5) is 18.9 Å².